The van der Waals surface area contributed by atoms with Crippen LogP contribution in [-0.4, -0.2) is 26.4 Å². The number of benzene rings is 2. The molecule has 0 saturated carbocycles. The third kappa shape index (κ3) is 2.53. The zero-order valence-electron chi connectivity index (χ0n) is 11.1. The summed E-state index contributed by atoms with van der Waals surface area (Å²) in [6, 6.07) is 14.6. The van der Waals surface area contributed by atoms with Gasteiger partial charge in [-0.2, -0.15) is 0 Å². The van der Waals surface area contributed by atoms with E-state index in [0.29, 0.717) is 5.56 Å². The number of carbonyl (C=O) groups is 2. The van der Waals surface area contributed by atoms with Crippen molar-refractivity contribution in [1.29, 1.82) is 0 Å². The van der Waals surface area contributed by atoms with E-state index in [4.69, 9.17) is 5.11 Å². The van der Waals surface area contributed by atoms with Crippen LogP contribution in [0.2, 0.25) is 0 Å². The maximum Gasteiger partial charge on any atom is 0.311 e. The zero-order valence-corrected chi connectivity index (χ0v) is 11.1. The van der Waals surface area contributed by atoms with Gasteiger partial charge < -0.3 is 5.11 Å². The fraction of sp³-hybridized carbons (Fsp3) is 0.0625. The van der Waals surface area contributed by atoms with Gasteiger partial charge in [-0.1, -0.05) is 12.1 Å². The number of imidazole rings is 1. The molecular formula is C16H12N2O3. The summed E-state index contributed by atoms with van der Waals surface area (Å²) in [5.41, 5.74) is 3.13. The molecule has 0 aliphatic carbocycles. The Morgan fingerprint density at radius 1 is 1.05 bits per heavy atom. The van der Waals surface area contributed by atoms with Crippen LogP contribution in [0.4, 0.5) is 0 Å². The first-order valence-electron chi connectivity index (χ1n) is 6.42. The smallest absolute Gasteiger partial charge is 0.311 e. The van der Waals surface area contributed by atoms with Crippen molar-refractivity contribution in [2.45, 2.75) is 6.42 Å². The summed E-state index contributed by atoms with van der Waals surface area (Å²) in [5.74, 6) is -1.52. The number of para-hydroxylation sites is 2. The number of hydrogen-bond acceptors (Lipinski definition) is 3. The van der Waals surface area contributed by atoms with Gasteiger partial charge in [0.1, 0.15) is 12.7 Å². The van der Waals surface area contributed by atoms with Gasteiger partial charge in [-0.05, 0) is 36.4 Å². The highest BCUT2D eigenvalue weighted by atomic mass is 16.4. The molecule has 0 atom stereocenters. The average Bonchev–Trinajstić information content (AvgIpc) is 2.90. The van der Waals surface area contributed by atoms with Crippen molar-refractivity contribution in [3.8, 4) is 5.69 Å². The number of aromatic nitrogens is 2. The number of nitrogens with zero attached hydrogens (tertiary/aromatic N) is 2. The van der Waals surface area contributed by atoms with E-state index in [0.717, 1.165) is 16.7 Å². The molecule has 0 radical (unpaired) electrons. The molecule has 2 aromatic carbocycles. The highest BCUT2D eigenvalue weighted by Gasteiger charge is 2.11. The van der Waals surface area contributed by atoms with Gasteiger partial charge >= 0.3 is 5.97 Å². The topological polar surface area (TPSA) is 72.2 Å². The molecule has 104 valence electrons. The summed E-state index contributed by atoms with van der Waals surface area (Å²) in [7, 11) is 0. The number of Topliss-reactive ketones (excluding diaryl/α,β-unsaturated/α-hetero) is 1. The second kappa shape index (κ2) is 5.20. The van der Waals surface area contributed by atoms with Crippen molar-refractivity contribution in [1.82, 2.24) is 9.55 Å². The Morgan fingerprint density at radius 3 is 2.48 bits per heavy atom. The average molecular weight is 280 g/mol. The Balaban J connectivity index is 1.94. The number of rotatable bonds is 4. The summed E-state index contributed by atoms with van der Waals surface area (Å²) in [4.78, 5) is 26.5. The van der Waals surface area contributed by atoms with Crippen LogP contribution in [0.3, 0.4) is 0 Å². The van der Waals surface area contributed by atoms with Crippen molar-refractivity contribution in [2.24, 2.45) is 0 Å². The highest BCUT2D eigenvalue weighted by molar-refractivity contribution is 6.05. The molecule has 0 spiro atoms. The molecule has 1 N–H and O–H groups in total. The van der Waals surface area contributed by atoms with Crippen LogP contribution < -0.4 is 0 Å². The lowest BCUT2D eigenvalue weighted by Crippen LogP contribution is -2.07. The molecule has 0 amide bonds. The lowest BCUT2D eigenvalue weighted by Gasteiger charge is -2.05. The molecule has 0 bridgehead atoms. The normalized spacial score (nSPS) is 10.7. The SMILES string of the molecule is O=C(O)CC(=O)c1ccc(-n2cnc3ccccc32)cc1. The molecule has 1 aromatic heterocycles. The van der Waals surface area contributed by atoms with Crippen LogP contribution in [0.1, 0.15) is 16.8 Å². The summed E-state index contributed by atoms with van der Waals surface area (Å²) < 4.78 is 1.92. The molecular weight excluding hydrogens is 268 g/mol. The maximum absolute atomic E-state index is 11.7. The third-order valence-electron chi connectivity index (χ3n) is 3.23. The first kappa shape index (κ1) is 13.1. The number of ketones is 1. The number of hydrogen-bond donors (Lipinski definition) is 1. The van der Waals surface area contributed by atoms with Crippen LogP contribution in [0, 0.1) is 0 Å². The fourth-order valence-electron chi connectivity index (χ4n) is 2.21. The monoisotopic (exact) mass is 280 g/mol. The van der Waals surface area contributed by atoms with Crippen molar-refractivity contribution < 1.29 is 14.7 Å². The van der Waals surface area contributed by atoms with Crippen molar-refractivity contribution in [2.75, 3.05) is 0 Å². The molecule has 0 saturated heterocycles. The molecule has 5 nitrogen and oxygen atoms in total. The van der Waals surface area contributed by atoms with Crippen LogP contribution in [-0.2, 0) is 4.79 Å². The van der Waals surface area contributed by atoms with Crippen LogP contribution in [0.15, 0.2) is 54.9 Å². The molecule has 3 rings (SSSR count). The first-order valence-corrected chi connectivity index (χ1v) is 6.42. The molecule has 3 aromatic rings. The number of carboxylic acid groups (broad SMARTS) is 1. The number of carbonyl (C=O) groups excluding carboxylic acids is 1. The van der Waals surface area contributed by atoms with E-state index in [-0.39, 0.29) is 0 Å². The first-order chi connectivity index (χ1) is 10.1. The Morgan fingerprint density at radius 2 is 1.76 bits per heavy atom. The van der Waals surface area contributed by atoms with Gasteiger partial charge in [0, 0.05) is 11.3 Å². The van der Waals surface area contributed by atoms with Gasteiger partial charge in [0.05, 0.1) is 11.0 Å². The van der Waals surface area contributed by atoms with Crippen molar-refractivity contribution >= 4 is 22.8 Å². The summed E-state index contributed by atoms with van der Waals surface area (Å²) in [6.07, 6.45) is 1.23. The molecule has 0 aliphatic rings. The quantitative estimate of drug-likeness (QED) is 0.589. The summed E-state index contributed by atoms with van der Waals surface area (Å²) >= 11 is 0. The Labute approximate surface area is 120 Å². The number of fused-ring (bicyclic) bond motifs is 1. The standard InChI is InChI=1S/C16H12N2O3/c19-15(9-16(20)21)11-5-7-12(8-6-11)18-10-17-13-3-1-2-4-14(13)18/h1-8,10H,9H2,(H,20,21). The summed E-state index contributed by atoms with van der Waals surface area (Å²) in [5, 5.41) is 8.64. The molecule has 5 heteroatoms. The van der Waals surface area contributed by atoms with Crippen LogP contribution in [0.25, 0.3) is 16.7 Å². The van der Waals surface area contributed by atoms with Crippen LogP contribution >= 0.6 is 0 Å². The van der Waals surface area contributed by atoms with Crippen molar-refractivity contribution in [3.05, 3.63) is 60.4 Å². The maximum atomic E-state index is 11.7. The second-order valence-corrected chi connectivity index (χ2v) is 4.64. The molecule has 1 heterocycles. The molecule has 0 aliphatic heterocycles. The second-order valence-electron chi connectivity index (χ2n) is 4.64. The fourth-order valence-corrected chi connectivity index (χ4v) is 2.21. The van der Waals surface area contributed by atoms with Gasteiger partial charge in [-0.3, -0.25) is 14.2 Å². The van der Waals surface area contributed by atoms with E-state index < -0.39 is 18.2 Å². The van der Waals surface area contributed by atoms with E-state index in [9.17, 15) is 9.59 Å². The lowest BCUT2D eigenvalue weighted by molar-refractivity contribution is -0.135. The predicted molar refractivity (Wildman–Crippen MR) is 77.7 cm³/mol. The largest absolute Gasteiger partial charge is 0.481 e. The van der Waals surface area contributed by atoms with Gasteiger partial charge in [0.15, 0.2) is 5.78 Å². The van der Waals surface area contributed by atoms with E-state index in [1.807, 2.05) is 28.8 Å². The van der Waals surface area contributed by atoms with Gasteiger partial charge in [-0.15, -0.1) is 0 Å². The lowest BCUT2D eigenvalue weighted by atomic mass is 10.1. The molecule has 0 unspecified atom stereocenters. The highest BCUT2D eigenvalue weighted by Crippen LogP contribution is 2.18. The Bertz CT molecular complexity index is 819. The zero-order chi connectivity index (χ0) is 14.8. The third-order valence-corrected chi connectivity index (χ3v) is 3.23. The minimum absolute atomic E-state index is 0.394. The number of carboxylic acids is 1. The predicted octanol–water partition coefficient (Wildman–Crippen LogP) is 2.68. The van der Waals surface area contributed by atoms with Crippen molar-refractivity contribution in [3.63, 3.8) is 0 Å². The van der Waals surface area contributed by atoms with E-state index in [1.54, 1.807) is 30.6 Å². The minimum atomic E-state index is -1.12. The summed E-state index contributed by atoms with van der Waals surface area (Å²) in [6.45, 7) is 0. The van der Waals surface area contributed by atoms with E-state index >= 15 is 0 Å². The van der Waals surface area contributed by atoms with E-state index in [2.05, 4.69) is 4.98 Å². The molecule has 0 fully saturated rings. The van der Waals surface area contributed by atoms with Gasteiger partial charge in [0.2, 0.25) is 0 Å². The van der Waals surface area contributed by atoms with E-state index in [1.165, 1.54) is 0 Å². The van der Waals surface area contributed by atoms with Gasteiger partial charge in [-0.25, -0.2) is 4.98 Å². The Kier molecular flexibility index (Phi) is 3.23. The van der Waals surface area contributed by atoms with Crippen LogP contribution in [0.5, 0.6) is 0 Å². The number of aliphatic carboxylic acids is 1. The molecule has 21 heavy (non-hydrogen) atoms. The minimum Gasteiger partial charge on any atom is -0.481 e. The Hall–Kier alpha value is -2.95. The van der Waals surface area contributed by atoms with Gasteiger partial charge in [0.25, 0.3) is 0 Å².